The molecule has 138 valence electrons. The Balaban J connectivity index is 2.19. The normalized spacial score (nSPS) is 10.8. The van der Waals surface area contributed by atoms with Gasteiger partial charge in [-0.3, -0.25) is 0 Å². The Morgan fingerprint density at radius 3 is 1.00 bits per heavy atom. The fourth-order valence-electron chi connectivity index (χ4n) is 3.23. The predicted molar refractivity (Wildman–Crippen MR) is 116 cm³/mol. The average molecular weight is 415 g/mol. The molecule has 0 saturated carbocycles. The van der Waals surface area contributed by atoms with E-state index in [0.717, 1.165) is 48.6 Å². The number of ether oxygens (including phenoxy) is 3. The lowest BCUT2D eigenvalue weighted by molar-refractivity contribution is 0.382. The number of hydrogen-bond acceptors (Lipinski definition) is 6. The molecule has 0 bridgehead atoms. The second-order valence-corrected chi connectivity index (χ2v) is 8.50. The SMILES string of the molecule is COc1c(-c2cccs2)c(OC)c(-c2cccs2)c(OC)c1-c1cccs1. The fourth-order valence-corrected chi connectivity index (χ4v) is 5.52. The Morgan fingerprint density at radius 2 is 0.815 bits per heavy atom. The maximum absolute atomic E-state index is 5.94. The summed E-state index contributed by atoms with van der Waals surface area (Å²) in [5.74, 6) is 2.32. The summed E-state index contributed by atoms with van der Waals surface area (Å²) in [7, 11) is 5.10. The number of methoxy groups -OCH3 is 3. The summed E-state index contributed by atoms with van der Waals surface area (Å²) in [4.78, 5) is 3.30. The molecule has 0 fully saturated rings. The first kappa shape index (κ1) is 18.1. The van der Waals surface area contributed by atoms with Gasteiger partial charge in [-0.2, -0.15) is 0 Å². The Labute approximate surface area is 170 Å². The molecular weight excluding hydrogens is 396 g/mol. The van der Waals surface area contributed by atoms with Gasteiger partial charge in [0.2, 0.25) is 0 Å². The zero-order valence-electron chi connectivity index (χ0n) is 15.1. The first-order valence-electron chi connectivity index (χ1n) is 8.27. The van der Waals surface area contributed by atoms with Gasteiger partial charge in [0.05, 0.1) is 38.0 Å². The molecule has 0 spiro atoms. The minimum Gasteiger partial charge on any atom is -0.495 e. The van der Waals surface area contributed by atoms with Gasteiger partial charge in [-0.25, -0.2) is 0 Å². The molecule has 0 aliphatic rings. The summed E-state index contributed by atoms with van der Waals surface area (Å²) in [6.45, 7) is 0. The molecule has 0 N–H and O–H groups in total. The molecule has 1 aromatic carbocycles. The predicted octanol–water partition coefficient (Wildman–Crippen LogP) is 6.90. The van der Waals surface area contributed by atoms with Gasteiger partial charge >= 0.3 is 0 Å². The standard InChI is InChI=1S/C21H18O3S3/c1-22-19-16(13-7-4-10-25-13)20(23-2)18(15-9-6-12-27-15)21(24-3)17(19)14-8-5-11-26-14/h4-12H,1-3H3. The zero-order valence-corrected chi connectivity index (χ0v) is 17.6. The molecule has 3 aromatic heterocycles. The second kappa shape index (κ2) is 7.76. The molecule has 3 nitrogen and oxygen atoms in total. The van der Waals surface area contributed by atoms with Gasteiger partial charge in [-0.15, -0.1) is 34.0 Å². The van der Waals surface area contributed by atoms with Crippen LogP contribution in [0.2, 0.25) is 0 Å². The summed E-state index contributed by atoms with van der Waals surface area (Å²) < 4.78 is 17.8. The highest BCUT2D eigenvalue weighted by Gasteiger charge is 2.30. The molecule has 4 rings (SSSR count). The van der Waals surface area contributed by atoms with Crippen molar-refractivity contribution in [2.75, 3.05) is 21.3 Å². The lowest BCUT2D eigenvalue weighted by Crippen LogP contribution is -2.01. The molecule has 3 heterocycles. The maximum atomic E-state index is 5.94. The first-order chi connectivity index (χ1) is 13.3. The van der Waals surface area contributed by atoms with Crippen molar-refractivity contribution in [3.63, 3.8) is 0 Å². The van der Waals surface area contributed by atoms with Gasteiger partial charge in [0.1, 0.15) is 17.2 Å². The molecule has 0 amide bonds. The molecule has 27 heavy (non-hydrogen) atoms. The van der Waals surface area contributed by atoms with Gasteiger partial charge in [0.15, 0.2) is 0 Å². The summed E-state index contributed by atoms with van der Waals surface area (Å²) in [6.07, 6.45) is 0. The Bertz CT molecular complexity index is 863. The van der Waals surface area contributed by atoms with Crippen molar-refractivity contribution in [3.05, 3.63) is 52.5 Å². The fraction of sp³-hybridized carbons (Fsp3) is 0.143. The van der Waals surface area contributed by atoms with Crippen LogP contribution >= 0.6 is 34.0 Å². The third-order valence-electron chi connectivity index (χ3n) is 4.28. The van der Waals surface area contributed by atoms with Gasteiger partial charge in [-0.1, -0.05) is 18.2 Å². The topological polar surface area (TPSA) is 27.7 Å². The molecule has 4 aromatic rings. The van der Waals surface area contributed by atoms with E-state index < -0.39 is 0 Å². The third kappa shape index (κ3) is 3.04. The summed E-state index contributed by atoms with van der Waals surface area (Å²) in [6, 6.07) is 12.4. The molecule has 0 aliphatic carbocycles. The van der Waals surface area contributed by atoms with Crippen LogP contribution in [0.4, 0.5) is 0 Å². The quantitative estimate of drug-likeness (QED) is 0.343. The maximum Gasteiger partial charge on any atom is 0.143 e. The Hall–Kier alpha value is -2.28. The van der Waals surface area contributed by atoms with E-state index in [2.05, 4.69) is 34.3 Å². The van der Waals surface area contributed by atoms with Crippen molar-refractivity contribution in [3.8, 4) is 48.6 Å². The van der Waals surface area contributed by atoms with Crippen LogP contribution in [0.25, 0.3) is 31.3 Å². The van der Waals surface area contributed by atoms with E-state index in [0.29, 0.717) is 0 Å². The number of rotatable bonds is 6. The van der Waals surface area contributed by atoms with Crippen LogP contribution in [-0.4, -0.2) is 21.3 Å². The number of hydrogen-bond donors (Lipinski definition) is 0. The Morgan fingerprint density at radius 1 is 0.519 bits per heavy atom. The van der Waals surface area contributed by atoms with E-state index in [4.69, 9.17) is 14.2 Å². The van der Waals surface area contributed by atoms with Crippen LogP contribution in [0.3, 0.4) is 0 Å². The largest absolute Gasteiger partial charge is 0.495 e. The highest BCUT2D eigenvalue weighted by molar-refractivity contribution is 7.14. The van der Waals surface area contributed by atoms with E-state index in [1.165, 1.54) is 0 Å². The smallest absolute Gasteiger partial charge is 0.143 e. The van der Waals surface area contributed by atoms with Gasteiger partial charge in [0.25, 0.3) is 0 Å². The van der Waals surface area contributed by atoms with Crippen LogP contribution in [0.15, 0.2) is 52.5 Å². The zero-order chi connectivity index (χ0) is 18.8. The van der Waals surface area contributed by atoms with Crippen molar-refractivity contribution in [1.29, 1.82) is 0 Å². The van der Waals surface area contributed by atoms with Crippen molar-refractivity contribution in [1.82, 2.24) is 0 Å². The molecule has 0 aliphatic heterocycles. The van der Waals surface area contributed by atoms with E-state index in [1.807, 2.05) is 18.2 Å². The molecule has 6 heteroatoms. The lowest BCUT2D eigenvalue weighted by Gasteiger charge is -2.23. The second-order valence-electron chi connectivity index (χ2n) is 5.66. The third-order valence-corrected chi connectivity index (χ3v) is 6.94. The monoisotopic (exact) mass is 414 g/mol. The van der Waals surface area contributed by atoms with E-state index in [-0.39, 0.29) is 0 Å². The number of benzene rings is 1. The summed E-state index contributed by atoms with van der Waals surface area (Å²) >= 11 is 5.00. The van der Waals surface area contributed by atoms with Crippen LogP contribution in [0.1, 0.15) is 0 Å². The molecule has 0 unspecified atom stereocenters. The molecule has 0 atom stereocenters. The van der Waals surface area contributed by atoms with Gasteiger partial charge in [-0.05, 0) is 34.3 Å². The van der Waals surface area contributed by atoms with E-state index >= 15 is 0 Å². The van der Waals surface area contributed by atoms with E-state index in [9.17, 15) is 0 Å². The molecule has 0 saturated heterocycles. The average Bonchev–Trinajstić information content (AvgIpc) is 3.48. The van der Waals surface area contributed by atoms with Gasteiger partial charge < -0.3 is 14.2 Å². The highest BCUT2D eigenvalue weighted by atomic mass is 32.1. The first-order valence-corrected chi connectivity index (χ1v) is 10.9. The Kier molecular flexibility index (Phi) is 5.20. The van der Waals surface area contributed by atoms with Crippen molar-refractivity contribution >= 4 is 34.0 Å². The molecular formula is C21H18O3S3. The minimum absolute atomic E-state index is 0.772. The van der Waals surface area contributed by atoms with Crippen LogP contribution < -0.4 is 14.2 Å². The van der Waals surface area contributed by atoms with E-state index in [1.54, 1.807) is 55.3 Å². The van der Waals surface area contributed by atoms with Crippen molar-refractivity contribution < 1.29 is 14.2 Å². The lowest BCUT2D eigenvalue weighted by atomic mass is 9.97. The summed E-state index contributed by atoms with van der Waals surface area (Å²) in [5.41, 5.74) is 2.88. The summed E-state index contributed by atoms with van der Waals surface area (Å²) in [5, 5.41) is 6.19. The van der Waals surface area contributed by atoms with Crippen LogP contribution in [0.5, 0.6) is 17.2 Å². The minimum atomic E-state index is 0.772. The van der Waals surface area contributed by atoms with Crippen molar-refractivity contribution in [2.45, 2.75) is 0 Å². The number of thiophene rings is 3. The van der Waals surface area contributed by atoms with Crippen LogP contribution in [-0.2, 0) is 0 Å². The molecule has 0 radical (unpaired) electrons. The highest BCUT2D eigenvalue weighted by Crippen LogP contribution is 2.58. The van der Waals surface area contributed by atoms with Gasteiger partial charge in [0, 0.05) is 14.6 Å². The van der Waals surface area contributed by atoms with Crippen molar-refractivity contribution in [2.24, 2.45) is 0 Å². The van der Waals surface area contributed by atoms with Crippen LogP contribution in [0, 0.1) is 0 Å².